The molecule has 0 aliphatic carbocycles. The summed E-state index contributed by atoms with van der Waals surface area (Å²) in [5, 5.41) is 0.687. The minimum atomic E-state index is 0.682. The molecule has 4 heteroatoms. The number of hydrogen-bond acceptors (Lipinski definition) is 3. The van der Waals surface area contributed by atoms with Gasteiger partial charge in [0.05, 0.1) is 10.7 Å². The standard InChI is InChI=1S/C11H9ClN2S/c12-11-8(2-1-3-10(11)15)6-9-7-13-4-5-14-9/h1-5,7,15H,6H2. The molecule has 1 aromatic heterocycles. The molecule has 1 heterocycles. The maximum atomic E-state index is 6.12. The van der Waals surface area contributed by atoms with E-state index in [9.17, 15) is 0 Å². The van der Waals surface area contributed by atoms with Crippen LogP contribution >= 0.6 is 24.2 Å². The van der Waals surface area contributed by atoms with Crippen molar-refractivity contribution in [1.29, 1.82) is 0 Å². The van der Waals surface area contributed by atoms with Crippen LogP contribution in [0.1, 0.15) is 11.3 Å². The molecule has 0 spiro atoms. The first-order valence-electron chi connectivity index (χ1n) is 4.48. The molecule has 0 amide bonds. The van der Waals surface area contributed by atoms with Crippen LogP contribution in [0.15, 0.2) is 41.7 Å². The van der Waals surface area contributed by atoms with Gasteiger partial charge < -0.3 is 0 Å². The highest BCUT2D eigenvalue weighted by atomic mass is 35.5. The van der Waals surface area contributed by atoms with E-state index in [1.54, 1.807) is 18.6 Å². The highest BCUT2D eigenvalue weighted by Gasteiger charge is 2.04. The third-order valence-corrected chi connectivity index (χ3v) is 3.00. The molecule has 0 unspecified atom stereocenters. The van der Waals surface area contributed by atoms with Crippen molar-refractivity contribution < 1.29 is 0 Å². The lowest BCUT2D eigenvalue weighted by Gasteiger charge is -2.04. The quantitative estimate of drug-likeness (QED) is 0.812. The Labute approximate surface area is 98.8 Å². The number of thiol groups is 1. The van der Waals surface area contributed by atoms with Gasteiger partial charge in [-0.2, -0.15) is 0 Å². The van der Waals surface area contributed by atoms with Gasteiger partial charge in [-0.25, -0.2) is 0 Å². The van der Waals surface area contributed by atoms with Crippen LogP contribution in [0.3, 0.4) is 0 Å². The Hall–Kier alpha value is -1.06. The predicted octanol–water partition coefficient (Wildman–Crippen LogP) is 3.01. The number of benzene rings is 1. The van der Waals surface area contributed by atoms with Crippen molar-refractivity contribution in [2.75, 3.05) is 0 Å². The summed E-state index contributed by atoms with van der Waals surface area (Å²) in [5.41, 5.74) is 1.92. The molecule has 0 aliphatic heterocycles. The van der Waals surface area contributed by atoms with E-state index in [4.69, 9.17) is 11.6 Å². The lowest BCUT2D eigenvalue weighted by Crippen LogP contribution is -1.93. The summed E-state index contributed by atoms with van der Waals surface area (Å²) in [6.07, 6.45) is 5.75. The predicted molar refractivity (Wildman–Crippen MR) is 63.5 cm³/mol. The molecule has 2 nitrogen and oxygen atoms in total. The van der Waals surface area contributed by atoms with Crippen molar-refractivity contribution >= 4 is 24.2 Å². The van der Waals surface area contributed by atoms with E-state index in [0.717, 1.165) is 16.2 Å². The average molecular weight is 237 g/mol. The van der Waals surface area contributed by atoms with Crippen molar-refractivity contribution in [3.8, 4) is 0 Å². The van der Waals surface area contributed by atoms with Gasteiger partial charge >= 0.3 is 0 Å². The summed E-state index contributed by atoms with van der Waals surface area (Å²) < 4.78 is 0. The summed E-state index contributed by atoms with van der Waals surface area (Å²) >= 11 is 10.4. The van der Waals surface area contributed by atoms with Crippen LogP contribution in [0.4, 0.5) is 0 Å². The summed E-state index contributed by atoms with van der Waals surface area (Å²) in [5.74, 6) is 0. The molecule has 2 rings (SSSR count). The first-order valence-corrected chi connectivity index (χ1v) is 5.31. The molecule has 2 aromatic rings. The highest BCUT2D eigenvalue weighted by Crippen LogP contribution is 2.25. The van der Waals surface area contributed by atoms with E-state index >= 15 is 0 Å². The smallest absolute Gasteiger partial charge is 0.0630 e. The van der Waals surface area contributed by atoms with Crippen LogP contribution in [0.2, 0.25) is 5.02 Å². The third kappa shape index (κ3) is 2.49. The second-order valence-corrected chi connectivity index (χ2v) is 3.98. The molecule has 0 saturated heterocycles. The average Bonchev–Trinajstić information content (AvgIpc) is 2.26. The number of nitrogens with zero attached hydrogens (tertiary/aromatic N) is 2. The fourth-order valence-electron chi connectivity index (χ4n) is 1.32. The van der Waals surface area contributed by atoms with Crippen molar-refractivity contribution in [3.63, 3.8) is 0 Å². The van der Waals surface area contributed by atoms with Crippen LogP contribution in [-0.4, -0.2) is 9.97 Å². The fourth-order valence-corrected chi connectivity index (χ4v) is 1.74. The molecule has 0 atom stereocenters. The number of halogens is 1. The second kappa shape index (κ2) is 4.64. The first-order chi connectivity index (χ1) is 7.27. The van der Waals surface area contributed by atoms with E-state index in [0.29, 0.717) is 11.4 Å². The minimum Gasteiger partial charge on any atom is -0.261 e. The van der Waals surface area contributed by atoms with Gasteiger partial charge in [0, 0.05) is 29.9 Å². The van der Waals surface area contributed by atoms with Gasteiger partial charge in [0.25, 0.3) is 0 Å². The van der Waals surface area contributed by atoms with Crippen LogP contribution in [0.25, 0.3) is 0 Å². The molecular formula is C11H9ClN2S. The van der Waals surface area contributed by atoms with Crippen LogP contribution in [-0.2, 0) is 6.42 Å². The van der Waals surface area contributed by atoms with Gasteiger partial charge in [0.15, 0.2) is 0 Å². The molecule has 15 heavy (non-hydrogen) atoms. The zero-order chi connectivity index (χ0) is 10.7. The number of rotatable bonds is 2. The molecule has 0 N–H and O–H groups in total. The lowest BCUT2D eigenvalue weighted by molar-refractivity contribution is 1.03. The monoisotopic (exact) mass is 236 g/mol. The van der Waals surface area contributed by atoms with E-state index in [1.165, 1.54) is 0 Å². The topological polar surface area (TPSA) is 25.8 Å². The zero-order valence-electron chi connectivity index (χ0n) is 7.89. The summed E-state index contributed by atoms with van der Waals surface area (Å²) in [6.45, 7) is 0. The molecule has 0 radical (unpaired) electrons. The lowest BCUT2D eigenvalue weighted by atomic mass is 10.1. The van der Waals surface area contributed by atoms with E-state index in [2.05, 4.69) is 22.6 Å². The number of aromatic nitrogens is 2. The Morgan fingerprint density at radius 1 is 1.27 bits per heavy atom. The van der Waals surface area contributed by atoms with Gasteiger partial charge in [-0.1, -0.05) is 23.7 Å². The third-order valence-electron chi connectivity index (χ3n) is 2.05. The SMILES string of the molecule is Sc1cccc(Cc2cnccn2)c1Cl. The van der Waals surface area contributed by atoms with Crippen LogP contribution in [0, 0.1) is 0 Å². The molecule has 1 aromatic carbocycles. The number of hydrogen-bond donors (Lipinski definition) is 1. The first kappa shape index (κ1) is 10.5. The van der Waals surface area contributed by atoms with Crippen LogP contribution in [0.5, 0.6) is 0 Å². The van der Waals surface area contributed by atoms with Crippen LogP contribution < -0.4 is 0 Å². The zero-order valence-corrected chi connectivity index (χ0v) is 9.54. The van der Waals surface area contributed by atoms with E-state index in [1.807, 2.05) is 18.2 Å². The van der Waals surface area contributed by atoms with Crippen molar-refractivity contribution in [1.82, 2.24) is 9.97 Å². The van der Waals surface area contributed by atoms with E-state index < -0.39 is 0 Å². The Morgan fingerprint density at radius 2 is 2.13 bits per heavy atom. The maximum absolute atomic E-state index is 6.12. The second-order valence-electron chi connectivity index (χ2n) is 3.12. The molecule has 0 saturated carbocycles. The minimum absolute atomic E-state index is 0.682. The summed E-state index contributed by atoms with van der Waals surface area (Å²) in [4.78, 5) is 9.00. The van der Waals surface area contributed by atoms with Crippen molar-refractivity contribution in [3.05, 3.63) is 53.1 Å². The van der Waals surface area contributed by atoms with E-state index in [-0.39, 0.29) is 0 Å². The molecule has 0 fully saturated rings. The largest absolute Gasteiger partial charge is 0.261 e. The summed E-state index contributed by atoms with van der Waals surface area (Å²) in [7, 11) is 0. The molecular weight excluding hydrogens is 228 g/mol. The Balaban J connectivity index is 2.29. The normalized spacial score (nSPS) is 10.3. The van der Waals surface area contributed by atoms with Gasteiger partial charge in [0.2, 0.25) is 0 Å². The fraction of sp³-hybridized carbons (Fsp3) is 0.0909. The maximum Gasteiger partial charge on any atom is 0.0630 e. The molecule has 76 valence electrons. The Bertz CT molecular complexity index is 459. The Kier molecular flexibility index (Phi) is 3.23. The highest BCUT2D eigenvalue weighted by molar-refractivity contribution is 7.80. The van der Waals surface area contributed by atoms with Crippen molar-refractivity contribution in [2.24, 2.45) is 0 Å². The molecule has 0 aliphatic rings. The Morgan fingerprint density at radius 3 is 2.87 bits per heavy atom. The van der Waals surface area contributed by atoms with Gasteiger partial charge in [-0.05, 0) is 11.6 Å². The van der Waals surface area contributed by atoms with Gasteiger partial charge in [-0.15, -0.1) is 12.6 Å². The van der Waals surface area contributed by atoms with Gasteiger partial charge in [0.1, 0.15) is 0 Å². The van der Waals surface area contributed by atoms with Crippen molar-refractivity contribution in [2.45, 2.75) is 11.3 Å². The molecule has 0 bridgehead atoms. The summed E-state index contributed by atoms with van der Waals surface area (Å²) in [6, 6.07) is 5.77. The van der Waals surface area contributed by atoms with Gasteiger partial charge in [-0.3, -0.25) is 9.97 Å².